The van der Waals surface area contributed by atoms with Crippen LogP contribution in [-0.2, 0) is 23.8 Å². The Labute approximate surface area is 526 Å². The number of esters is 1. The van der Waals surface area contributed by atoms with Crippen molar-refractivity contribution in [2.24, 2.45) is 0 Å². The Kier molecular flexibility index (Phi) is 57.9. The normalized spacial score (nSPS) is 18.9. The molecule has 8 unspecified atom stereocenters. The summed E-state index contributed by atoms with van der Waals surface area (Å²) in [6, 6.07) is -1.03. The van der Waals surface area contributed by atoms with Crippen molar-refractivity contribution >= 4 is 11.9 Å². The van der Waals surface area contributed by atoms with Crippen molar-refractivity contribution in [2.75, 3.05) is 13.2 Å². The summed E-state index contributed by atoms with van der Waals surface area (Å²) in [7, 11) is 0. The van der Waals surface area contributed by atoms with Crippen LogP contribution < -0.4 is 5.32 Å². The number of carbonyl (C=O) groups excluding carboxylic acids is 2. The molecule has 1 rings (SSSR count). The first-order chi connectivity index (χ1) is 42.2. The van der Waals surface area contributed by atoms with Crippen molar-refractivity contribution in [3.63, 3.8) is 0 Å². The molecule has 1 fully saturated rings. The summed E-state index contributed by atoms with van der Waals surface area (Å²) in [4.78, 5) is 26.7. The number of amides is 1. The van der Waals surface area contributed by atoms with Crippen LogP contribution in [0.3, 0.4) is 0 Å². The molecule has 8 atom stereocenters. The van der Waals surface area contributed by atoms with Gasteiger partial charge in [0.1, 0.15) is 24.4 Å². The Balaban J connectivity index is 2.58. The first-order valence-electron chi connectivity index (χ1n) is 35.5. The van der Waals surface area contributed by atoms with Gasteiger partial charge >= 0.3 is 5.97 Å². The third-order valence-electron chi connectivity index (χ3n) is 16.2. The number of aliphatic hydroxyl groups is 5. The van der Waals surface area contributed by atoms with Crippen LogP contribution in [0, 0.1) is 0 Å². The molecule has 0 radical (unpaired) electrons. The molecule has 1 aliphatic heterocycles. The molecular formula is C75H131NO10. The van der Waals surface area contributed by atoms with E-state index in [1.807, 2.05) is 6.08 Å². The lowest BCUT2D eigenvalue weighted by molar-refractivity contribution is -0.305. The van der Waals surface area contributed by atoms with Crippen molar-refractivity contribution in [1.82, 2.24) is 5.32 Å². The number of unbranched alkanes of at least 4 members (excludes halogenated alkanes) is 32. The Bertz CT molecular complexity index is 1770. The monoisotopic (exact) mass is 1210 g/mol. The summed E-state index contributed by atoms with van der Waals surface area (Å²) in [5.74, 6) is -1.20. The molecule has 1 aliphatic rings. The Morgan fingerprint density at radius 2 is 0.837 bits per heavy atom. The second-order valence-corrected chi connectivity index (χ2v) is 24.2. The van der Waals surface area contributed by atoms with E-state index in [1.54, 1.807) is 6.08 Å². The van der Waals surface area contributed by atoms with Gasteiger partial charge in [0.25, 0.3) is 0 Å². The third-order valence-corrected chi connectivity index (χ3v) is 16.2. The number of hydrogen-bond donors (Lipinski definition) is 6. The van der Waals surface area contributed by atoms with Gasteiger partial charge in [0.15, 0.2) is 12.4 Å². The summed E-state index contributed by atoms with van der Waals surface area (Å²) in [6.07, 6.45) is 73.0. The van der Waals surface area contributed by atoms with E-state index >= 15 is 0 Å². The molecule has 0 aromatic rings. The predicted molar refractivity (Wildman–Crippen MR) is 361 cm³/mol. The summed E-state index contributed by atoms with van der Waals surface area (Å²) in [5.41, 5.74) is 0. The number of ether oxygens (including phenoxy) is 3. The van der Waals surface area contributed by atoms with Crippen LogP contribution in [0.5, 0.6) is 0 Å². The fourth-order valence-corrected chi connectivity index (χ4v) is 10.7. The highest BCUT2D eigenvalue weighted by Crippen LogP contribution is 2.26. The van der Waals surface area contributed by atoms with Gasteiger partial charge < -0.3 is 45.1 Å². The largest absolute Gasteiger partial charge is 0.454 e. The lowest BCUT2D eigenvalue weighted by Gasteiger charge is -2.41. The first kappa shape index (κ1) is 80.6. The quantitative estimate of drug-likeness (QED) is 0.0195. The number of nitrogens with one attached hydrogen (secondary N) is 1. The van der Waals surface area contributed by atoms with Gasteiger partial charge in [-0.05, 0) is 103 Å². The number of carbonyl (C=O) groups is 2. The van der Waals surface area contributed by atoms with Gasteiger partial charge in [-0.1, -0.05) is 291 Å². The van der Waals surface area contributed by atoms with Gasteiger partial charge in [0.05, 0.1) is 25.4 Å². The van der Waals surface area contributed by atoms with E-state index in [2.05, 4.69) is 111 Å². The molecule has 6 N–H and O–H groups in total. The number of allylic oxidation sites excluding steroid dienone is 15. The van der Waals surface area contributed by atoms with Crippen LogP contribution in [0.4, 0.5) is 0 Å². The van der Waals surface area contributed by atoms with E-state index in [4.69, 9.17) is 14.2 Å². The fraction of sp³-hybridized carbons (Fsp3) is 0.760. The molecule has 11 nitrogen and oxygen atoms in total. The zero-order chi connectivity index (χ0) is 62.4. The Morgan fingerprint density at radius 1 is 0.465 bits per heavy atom. The summed E-state index contributed by atoms with van der Waals surface area (Å²) in [5, 5.41) is 57.2. The molecule has 0 aromatic heterocycles. The highest BCUT2D eigenvalue weighted by molar-refractivity contribution is 5.80. The average Bonchev–Trinajstić information content (AvgIpc) is 2.65. The van der Waals surface area contributed by atoms with Crippen LogP contribution in [-0.4, -0.2) is 99.6 Å². The van der Waals surface area contributed by atoms with Crippen molar-refractivity contribution in [3.05, 3.63) is 97.2 Å². The van der Waals surface area contributed by atoms with E-state index in [-0.39, 0.29) is 19.4 Å². The molecule has 1 amide bonds. The van der Waals surface area contributed by atoms with E-state index in [1.165, 1.54) is 141 Å². The van der Waals surface area contributed by atoms with Gasteiger partial charge in [-0.3, -0.25) is 9.59 Å². The molecule has 86 heavy (non-hydrogen) atoms. The van der Waals surface area contributed by atoms with Crippen molar-refractivity contribution in [1.29, 1.82) is 0 Å². The van der Waals surface area contributed by atoms with Crippen molar-refractivity contribution < 1.29 is 49.3 Å². The van der Waals surface area contributed by atoms with Crippen LogP contribution in [0.2, 0.25) is 0 Å². The lowest BCUT2D eigenvalue weighted by Crippen LogP contribution is -2.61. The molecule has 496 valence electrons. The second kappa shape index (κ2) is 61.8. The average molecular weight is 1210 g/mol. The molecule has 1 heterocycles. The Hall–Kier alpha value is -3.42. The maximum atomic E-state index is 13.5. The second-order valence-electron chi connectivity index (χ2n) is 24.2. The maximum absolute atomic E-state index is 13.5. The summed E-state index contributed by atoms with van der Waals surface area (Å²) in [6.45, 7) is 5.69. The number of hydrogen-bond acceptors (Lipinski definition) is 10. The molecular weight excluding hydrogens is 1070 g/mol. The SMILES string of the molecule is CC/C=C\C/C=C\C/C=C\C/C=C\C/C=C\C/C=C\CCCCCCCCCCC(=O)OC1C(OCC(NC(=O)C(O)CCCCCCCCCC/C=C/CCCCCCCC)C(O)/C=C/CCCCCCCCCCCC)OC(CO)C(O)C1O. The lowest BCUT2D eigenvalue weighted by atomic mass is 9.99. The van der Waals surface area contributed by atoms with Gasteiger partial charge in [0.2, 0.25) is 5.91 Å². The van der Waals surface area contributed by atoms with E-state index in [0.29, 0.717) is 12.8 Å². The maximum Gasteiger partial charge on any atom is 0.306 e. The van der Waals surface area contributed by atoms with Gasteiger partial charge in [-0.2, -0.15) is 0 Å². The highest BCUT2D eigenvalue weighted by Gasteiger charge is 2.47. The molecule has 0 bridgehead atoms. The van der Waals surface area contributed by atoms with E-state index in [9.17, 15) is 35.1 Å². The molecule has 11 heteroatoms. The predicted octanol–water partition coefficient (Wildman–Crippen LogP) is 18.2. The topological polar surface area (TPSA) is 175 Å². The summed E-state index contributed by atoms with van der Waals surface area (Å²) < 4.78 is 17.7. The minimum Gasteiger partial charge on any atom is -0.454 e. The molecule has 0 aliphatic carbocycles. The number of rotatable bonds is 60. The van der Waals surface area contributed by atoms with Crippen molar-refractivity contribution in [3.8, 4) is 0 Å². The molecule has 0 spiro atoms. The van der Waals surface area contributed by atoms with Gasteiger partial charge in [-0.15, -0.1) is 0 Å². The highest BCUT2D eigenvalue weighted by atomic mass is 16.7. The van der Waals surface area contributed by atoms with Gasteiger partial charge in [-0.25, -0.2) is 0 Å². The van der Waals surface area contributed by atoms with Gasteiger partial charge in [0, 0.05) is 6.42 Å². The molecule has 0 saturated carbocycles. The fourth-order valence-electron chi connectivity index (χ4n) is 10.7. The molecule has 0 aromatic carbocycles. The first-order valence-corrected chi connectivity index (χ1v) is 35.5. The standard InChI is InChI=1S/C75H131NO10/c1-4-7-10-13-16-19-22-25-27-29-31-32-33-34-35-36-37-38-39-41-43-45-48-51-54-57-60-63-70(80)86-73-72(82)71(81)69(64-77)85-75(73)84-65-66(67(78)61-58-55-52-49-46-24-21-18-15-12-9-6-3)76-74(83)68(79)62-59-56-53-50-47-44-42-40-30-28-26-23-20-17-14-11-8-5-2/h7,10,16,19,25-28,31-32,34-35,37-38,58,61,66-69,71-73,75,77-79,81-82H,4-6,8-9,11-15,17-18,20-24,29-30,33,36,39-57,59-60,62-65H2,1-3H3,(H,76,83)/b10-7-,19-16-,27-25-,28-26+,32-31-,35-34-,38-37-,61-58+. The third kappa shape index (κ3) is 48.5. The minimum absolute atomic E-state index is 0.109. The smallest absolute Gasteiger partial charge is 0.306 e. The molecule has 1 saturated heterocycles. The van der Waals surface area contributed by atoms with Crippen LogP contribution in [0.25, 0.3) is 0 Å². The van der Waals surface area contributed by atoms with Crippen LogP contribution >= 0.6 is 0 Å². The number of aliphatic hydroxyl groups excluding tert-OH is 5. The zero-order valence-electron chi connectivity index (χ0n) is 55.2. The van der Waals surface area contributed by atoms with Crippen LogP contribution in [0.15, 0.2) is 97.2 Å². The van der Waals surface area contributed by atoms with Crippen molar-refractivity contribution in [2.45, 2.75) is 352 Å². The minimum atomic E-state index is -1.62. The summed E-state index contributed by atoms with van der Waals surface area (Å²) >= 11 is 0. The van der Waals surface area contributed by atoms with E-state index < -0.39 is 67.4 Å². The van der Waals surface area contributed by atoms with E-state index in [0.717, 1.165) is 116 Å². The zero-order valence-corrected chi connectivity index (χ0v) is 55.2. The Morgan fingerprint density at radius 3 is 1.27 bits per heavy atom. The van der Waals surface area contributed by atoms with Crippen LogP contribution in [0.1, 0.15) is 303 Å².